The standard InChI is InChI=1S/C30H26F3N7O4/c1-16(41)26-21-13-19(35-28(43)18-4-3-11-34-14-18)8-10-22(21)39(38-26)15-25(42)40-20-9-7-17(12-20)27(40)29(44)37-24-6-2-5-23(36-24)30(31,32)33/h2-6,8,10-11,13-14,17,20,27H,7,9,12,15H2,1H3,(H,35,43)(H,36,37,44)/t17-,20+,27-/m0/s1. The van der Waals surface area contributed by atoms with Crippen LogP contribution in [0.1, 0.15) is 52.7 Å². The van der Waals surface area contributed by atoms with Gasteiger partial charge in [-0.25, -0.2) is 4.98 Å². The number of anilines is 2. The monoisotopic (exact) mass is 605 g/mol. The third-order valence-electron chi connectivity index (χ3n) is 7.98. The Morgan fingerprint density at radius 1 is 1.02 bits per heavy atom. The molecule has 1 saturated heterocycles. The summed E-state index contributed by atoms with van der Waals surface area (Å²) in [5.74, 6) is -2.16. The number of Topliss-reactive ketones (excluding diaryl/α,β-unsaturated/α-hetero) is 1. The van der Waals surface area contributed by atoms with Crippen LogP contribution in [-0.4, -0.2) is 60.2 Å². The van der Waals surface area contributed by atoms with Crippen LogP contribution in [0.5, 0.6) is 0 Å². The van der Waals surface area contributed by atoms with E-state index in [1.807, 2.05) is 0 Å². The number of likely N-dealkylation sites (tertiary alicyclic amines) is 1. The van der Waals surface area contributed by atoms with Crippen LogP contribution < -0.4 is 10.6 Å². The summed E-state index contributed by atoms with van der Waals surface area (Å²) in [6.07, 6.45) is 0.292. The summed E-state index contributed by atoms with van der Waals surface area (Å²) in [5.41, 5.74) is 0.210. The number of fused-ring (bicyclic) bond motifs is 3. The largest absolute Gasteiger partial charge is 0.433 e. The van der Waals surface area contributed by atoms with Crippen molar-refractivity contribution in [3.8, 4) is 0 Å². The van der Waals surface area contributed by atoms with Crippen LogP contribution in [0.25, 0.3) is 10.9 Å². The maximum Gasteiger partial charge on any atom is 0.433 e. The van der Waals surface area contributed by atoms with Crippen LogP contribution in [0.3, 0.4) is 0 Å². The minimum atomic E-state index is -4.67. The molecule has 3 aromatic heterocycles. The van der Waals surface area contributed by atoms with Crippen molar-refractivity contribution >= 4 is 45.9 Å². The van der Waals surface area contributed by atoms with Gasteiger partial charge in [0.2, 0.25) is 11.8 Å². The highest BCUT2D eigenvalue weighted by Crippen LogP contribution is 2.43. The van der Waals surface area contributed by atoms with E-state index in [-0.39, 0.29) is 35.8 Å². The topological polar surface area (TPSA) is 139 Å². The quantitative estimate of drug-likeness (QED) is 0.299. The van der Waals surface area contributed by atoms with Crippen LogP contribution in [0.15, 0.2) is 60.9 Å². The number of nitrogens with one attached hydrogen (secondary N) is 2. The van der Waals surface area contributed by atoms with E-state index < -0.39 is 35.6 Å². The van der Waals surface area contributed by atoms with Gasteiger partial charge in [-0.2, -0.15) is 18.3 Å². The van der Waals surface area contributed by atoms with Gasteiger partial charge in [0.15, 0.2) is 5.78 Å². The molecule has 2 fully saturated rings. The van der Waals surface area contributed by atoms with Crippen molar-refractivity contribution in [1.29, 1.82) is 0 Å². The lowest BCUT2D eigenvalue weighted by atomic mass is 9.97. The first-order chi connectivity index (χ1) is 21.0. The Kier molecular flexibility index (Phi) is 7.35. The average molecular weight is 606 g/mol. The number of nitrogens with zero attached hydrogens (tertiary/aromatic N) is 5. The van der Waals surface area contributed by atoms with Gasteiger partial charge in [0, 0.05) is 36.4 Å². The first-order valence-electron chi connectivity index (χ1n) is 13.9. The molecule has 3 amide bonds. The van der Waals surface area contributed by atoms with Gasteiger partial charge in [-0.1, -0.05) is 6.07 Å². The summed E-state index contributed by atoms with van der Waals surface area (Å²) >= 11 is 0. The summed E-state index contributed by atoms with van der Waals surface area (Å²) in [4.78, 5) is 61.1. The highest BCUT2D eigenvalue weighted by atomic mass is 19.4. The fraction of sp³-hybridized carbons (Fsp3) is 0.300. The third kappa shape index (κ3) is 5.50. The van der Waals surface area contributed by atoms with Crippen LogP contribution >= 0.6 is 0 Å². The molecule has 2 aliphatic rings. The predicted molar refractivity (Wildman–Crippen MR) is 152 cm³/mol. The van der Waals surface area contributed by atoms with Crippen LogP contribution in [0.4, 0.5) is 24.7 Å². The van der Waals surface area contributed by atoms with E-state index in [9.17, 15) is 32.3 Å². The Morgan fingerprint density at radius 2 is 1.84 bits per heavy atom. The summed E-state index contributed by atoms with van der Waals surface area (Å²) in [6.45, 7) is 1.07. The third-order valence-corrected chi connectivity index (χ3v) is 7.98. The summed E-state index contributed by atoms with van der Waals surface area (Å²) in [5, 5.41) is 10.1. The molecule has 226 valence electrons. The lowest BCUT2D eigenvalue weighted by Crippen LogP contribution is -2.52. The molecule has 0 spiro atoms. The molecule has 0 radical (unpaired) electrons. The van der Waals surface area contributed by atoms with Crippen LogP contribution in [0, 0.1) is 5.92 Å². The zero-order valence-electron chi connectivity index (χ0n) is 23.3. The first-order valence-corrected chi connectivity index (χ1v) is 13.9. The second-order valence-electron chi connectivity index (χ2n) is 10.9. The Labute approximate surface area is 248 Å². The smallest absolute Gasteiger partial charge is 0.326 e. The Hall–Kier alpha value is -5.14. The average Bonchev–Trinajstić information content (AvgIpc) is 3.71. The predicted octanol–water partition coefficient (Wildman–Crippen LogP) is 4.32. The molecule has 6 rings (SSSR count). The number of ketones is 1. The molecular formula is C30H26F3N7O4. The maximum atomic E-state index is 13.7. The zero-order chi connectivity index (χ0) is 31.2. The number of rotatable bonds is 7. The molecule has 44 heavy (non-hydrogen) atoms. The molecule has 1 aliphatic carbocycles. The molecule has 11 nitrogen and oxygen atoms in total. The van der Waals surface area contributed by atoms with Crippen molar-refractivity contribution in [3.05, 3.63) is 77.9 Å². The van der Waals surface area contributed by atoms with Gasteiger partial charge in [-0.05, 0) is 67.6 Å². The van der Waals surface area contributed by atoms with E-state index in [0.29, 0.717) is 41.4 Å². The van der Waals surface area contributed by atoms with Gasteiger partial charge in [0.05, 0.1) is 11.1 Å². The lowest BCUT2D eigenvalue weighted by molar-refractivity contribution is -0.141. The van der Waals surface area contributed by atoms with Crippen molar-refractivity contribution in [3.63, 3.8) is 0 Å². The number of carbonyl (C=O) groups excluding carboxylic acids is 4. The van der Waals surface area contributed by atoms with Crippen molar-refractivity contribution in [2.75, 3.05) is 10.6 Å². The van der Waals surface area contributed by atoms with E-state index in [4.69, 9.17) is 0 Å². The van der Waals surface area contributed by atoms with Crippen molar-refractivity contribution in [1.82, 2.24) is 24.6 Å². The van der Waals surface area contributed by atoms with Crippen molar-refractivity contribution in [2.45, 2.75) is 51.0 Å². The highest BCUT2D eigenvalue weighted by molar-refractivity contribution is 6.08. The summed E-state index contributed by atoms with van der Waals surface area (Å²) in [6, 6.07) is 10.2. The number of piperidine rings is 1. The van der Waals surface area contributed by atoms with Gasteiger partial charge in [-0.15, -0.1) is 0 Å². The zero-order valence-corrected chi connectivity index (χ0v) is 23.3. The maximum absolute atomic E-state index is 13.7. The number of amides is 3. The molecule has 1 saturated carbocycles. The molecule has 2 N–H and O–H groups in total. The molecule has 1 aromatic carbocycles. The molecule has 1 aliphatic heterocycles. The number of carbonyl (C=O) groups is 4. The van der Waals surface area contributed by atoms with E-state index >= 15 is 0 Å². The molecule has 2 bridgehead atoms. The fourth-order valence-corrected chi connectivity index (χ4v) is 6.09. The molecule has 3 atom stereocenters. The van der Waals surface area contributed by atoms with Gasteiger partial charge < -0.3 is 15.5 Å². The van der Waals surface area contributed by atoms with Crippen molar-refractivity contribution in [2.24, 2.45) is 5.92 Å². The number of aromatic nitrogens is 4. The van der Waals surface area contributed by atoms with Crippen LogP contribution in [-0.2, 0) is 22.3 Å². The second kappa shape index (κ2) is 11.2. The SMILES string of the molecule is CC(=O)c1nn(CC(=O)N2[C@@H]3CC[C@@H](C3)[C@H]2C(=O)Nc2cccc(C(F)(F)F)n2)c2ccc(NC(=O)c3cccnc3)cc12. The van der Waals surface area contributed by atoms with Gasteiger partial charge in [-0.3, -0.25) is 28.8 Å². The van der Waals surface area contributed by atoms with Crippen LogP contribution in [0.2, 0.25) is 0 Å². The fourth-order valence-electron chi connectivity index (χ4n) is 6.09. The highest BCUT2D eigenvalue weighted by Gasteiger charge is 2.51. The summed E-state index contributed by atoms with van der Waals surface area (Å²) < 4.78 is 40.8. The summed E-state index contributed by atoms with van der Waals surface area (Å²) in [7, 11) is 0. The number of alkyl halides is 3. The van der Waals surface area contributed by atoms with Gasteiger partial charge in [0.1, 0.15) is 29.8 Å². The Morgan fingerprint density at radius 3 is 2.57 bits per heavy atom. The Bertz CT molecular complexity index is 1790. The molecule has 0 unspecified atom stereocenters. The minimum Gasteiger partial charge on any atom is -0.326 e. The minimum absolute atomic E-state index is 0.109. The van der Waals surface area contributed by atoms with Gasteiger partial charge in [0.25, 0.3) is 5.91 Å². The number of hydrogen-bond acceptors (Lipinski definition) is 7. The Balaban J connectivity index is 1.23. The molecule has 4 aromatic rings. The lowest BCUT2D eigenvalue weighted by Gasteiger charge is -2.34. The number of halogens is 3. The number of hydrogen-bond donors (Lipinski definition) is 2. The second-order valence-corrected chi connectivity index (χ2v) is 10.9. The number of benzene rings is 1. The normalized spacial score (nSPS) is 19.3. The molecular weight excluding hydrogens is 579 g/mol. The molecule has 4 heterocycles. The van der Waals surface area contributed by atoms with E-state index in [1.165, 1.54) is 28.8 Å². The molecule has 14 heteroatoms. The van der Waals surface area contributed by atoms with E-state index in [0.717, 1.165) is 12.1 Å². The first kappa shape index (κ1) is 29.0. The van der Waals surface area contributed by atoms with E-state index in [1.54, 1.807) is 36.5 Å². The van der Waals surface area contributed by atoms with Crippen molar-refractivity contribution < 1.29 is 32.3 Å². The van der Waals surface area contributed by atoms with Gasteiger partial charge >= 0.3 is 6.18 Å². The number of pyridine rings is 2. The van der Waals surface area contributed by atoms with E-state index in [2.05, 4.69) is 25.7 Å².